The molecule has 7 heteroatoms. The molecule has 4 rings (SSSR count). The van der Waals surface area contributed by atoms with Crippen LogP contribution in [0, 0.1) is 17.1 Å². The van der Waals surface area contributed by atoms with Gasteiger partial charge in [0.2, 0.25) is 0 Å². The molecule has 1 N–H and O–H groups in total. The zero-order valence-electron chi connectivity index (χ0n) is 16.1. The summed E-state index contributed by atoms with van der Waals surface area (Å²) in [5.74, 6) is -1.33. The topological polar surface area (TPSA) is 78.9 Å². The zero-order valence-corrected chi connectivity index (χ0v) is 16.8. The molecule has 2 aromatic heterocycles. The first-order valence-corrected chi connectivity index (χ1v) is 9.68. The number of carboxylic acid groups (broad SMARTS) is 1. The van der Waals surface area contributed by atoms with Gasteiger partial charge in [-0.1, -0.05) is 35.9 Å². The number of nitriles is 1. The number of hydrogen-bond acceptors (Lipinski definition) is 3. The molecule has 0 saturated carbocycles. The molecule has 0 radical (unpaired) electrons. The van der Waals surface area contributed by atoms with Gasteiger partial charge in [0, 0.05) is 23.7 Å². The van der Waals surface area contributed by atoms with E-state index in [-0.39, 0.29) is 11.4 Å². The lowest BCUT2D eigenvalue weighted by molar-refractivity contribution is 0.0697. The average molecular weight is 432 g/mol. The van der Waals surface area contributed by atoms with E-state index in [0.717, 1.165) is 16.5 Å². The Hall–Kier alpha value is -3.95. The predicted octanol–water partition coefficient (Wildman–Crippen LogP) is 5.64. The SMILES string of the molecule is N#C/C(=C\c1cn(Cc2ccc(F)cc2)c2nc(Cl)ccc12)c1ccc(C(=O)O)cc1. The molecule has 0 aliphatic carbocycles. The van der Waals surface area contributed by atoms with Crippen LogP contribution in [0.1, 0.15) is 27.0 Å². The number of fused-ring (bicyclic) bond motifs is 1. The van der Waals surface area contributed by atoms with E-state index in [1.807, 2.05) is 16.8 Å². The summed E-state index contributed by atoms with van der Waals surface area (Å²) in [5.41, 5.74) is 3.43. The van der Waals surface area contributed by atoms with Gasteiger partial charge in [0.25, 0.3) is 0 Å². The van der Waals surface area contributed by atoms with Crippen molar-refractivity contribution in [2.24, 2.45) is 0 Å². The second-order valence-corrected chi connectivity index (χ2v) is 7.28. The first kappa shape index (κ1) is 20.3. The van der Waals surface area contributed by atoms with E-state index in [4.69, 9.17) is 16.7 Å². The lowest BCUT2D eigenvalue weighted by Gasteiger charge is -2.05. The third-order valence-corrected chi connectivity index (χ3v) is 5.06. The number of halogens is 2. The van der Waals surface area contributed by atoms with Gasteiger partial charge in [0.15, 0.2) is 0 Å². The normalized spacial score (nSPS) is 11.5. The van der Waals surface area contributed by atoms with Crippen LogP contribution in [0.25, 0.3) is 22.7 Å². The number of aromatic carboxylic acids is 1. The molecule has 0 unspecified atom stereocenters. The van der Waals surface area contributed by atoms with Crippen LogP contribution in [0.3, 0.4) is 0 Å². The molecular formula is C24H15ClFN3O2. The van der Waals surface area contributed by atoms with Crippen molar-refractivity contribution in [1.29, 1.82) is 5.26 Å². The number of carbonyl (C=O) groups is 1. The first-order valence-electron chi connectivity index (χ1n) is 9.30. The fourth-order valence-corrected chi connectivity index (χ4v) is 3.46. The van der Waals surface area contributed by atoms with Crippen LogP contribution >= 0.6 is 11.6 Å². The van der Waals surface area contributed by atoms with Crippen LogP contribution in [0.2, 0.25) is 5.15 Å². The maximum absolute atomic E-state index is 13.2. The predicted molar refractivity (Wildman–Crippen MR) is 117 cm³/mol. The lowest BCUT2D eigenvalue weighted by atomic mass is 10.0. The van der Waals surface area contributed by atoms with E-state index in [1.165, 1.54) is 24.3 Å². The summed E-state index contributed by atoms with van der Waals surface area (Å²) in [6.07, 6.45) is 3.59. The van der Waals surface area contributed by atoms with E-state index < -0.39 is 5.97 Å². The molecule has 0 bridgehead atoms. The second kappa shape index (κ2) is 8.42. The molecule has 0 aliphatic rings. The van der Waals surface area contributed by atoms with Gasteiger partial charge in [-0.25, -0.2) is 14.2 Å². The van der Waals surface area contributed by atoms with Crippen LogP contribution in [0.5, 0.6) is 0 Å². The Morgan fingerprint density at radius 3 is 2.42 bits per heavy atom. The smallest absolute Gasteiger partial charge is 0.335 e. The minimum Gasteiger partial charge on any atom is -0.478 e. The maximum atomic E-state index is 13.2. The summed E-state index contributed by atoms with van der Waals surface area (Å²) in [6.45, 7) is 0.452. The minimum absolute atomic E-state index is 0.149. The number of carboxylic acids is 1. The molecule has 0 aliphatic heterocycles. The monoisotopic (exact) mass is 431 g/mol. The molecule has 2 aromatic carbocycles. The number of aromatic nitrogens is 2. The van der Waals surface area contributed by atoms with Gasteiger partial charge in [-0.15, -0.1) is 0 Å². The molecular weight excluding hydrogens is 417 g/mol. The molecule has 31 heavy (non-hydrogen) atoms. The fraction of sp³-hybridized carbons (Fsp3) is 0.0417. The Kier molecular flexibility index (Phi) is 5.52. The van der Waals surface area contributed by atoms with Crippen molar-refractivity contribution in [2.75, 3.05) is 0 Å². The fourth-order valence-electron chi connectivity index (χ4n) is 3.32. The van der Waals surface area contributed by atoms with Crippen molar-refractivity contribution in [3.63, 3.8) is 0 Å². The third-order valence-electron chi connectivity index (χ3n) is 4.85. The van der Waals surface area contributed by atoms with Crippen LogP contribution in [0.15, 0.2) is 66.9 Å². The van der Waals surface area contributed by atoms with Gasteiger partial charge >= 0.3 is 5.97 Å². The van der Waals surface area contributed by atoms with Gasteiger partial charge in [0.1, 0.15) is 16.6 Å². The van der Waals surface area contributed by atoms with Crippen LogP contribution in [-0.2, 0) is 6.54 Å². The van der Waals surface area contributed by atoms with Gasteiger partial charge in [-0.05, 0) is 53.6 Å². The Bertz CT molecular complexity index is 1350. The standard InChI is InChI=1S/C24H15ClFN3O2/c25-22-10-9-21-19(11-18(12-27)16-3-5-17(6-4-16)24(30)31)14-29(23(21)28-22)13-15-1-7-20(26)8-2-15/h1-11,14H,13H2,(H,30,31)/b18-11+. The third kappa shape index (κ3) is 4.32. The van der Waals surface area contributed by atoms with E-state index in [9.17, 15) is 14.4 Å². The number of allylic oxidation sites excluding steroid dienone is 1. The summed E-state index contributed by atoms with van der Waals surface area (Å²) in [6, 6.07) is 18.0. The summed E-state index contributed by atoms with van der Waals surface area (Å²) in [5, 5.41) is 19.9. The zero-order chi connectivity index (χ0) is 22.0. The van der Waals surface area contributed by atoms with Crippen LogP contribution in [0.4, 0.5) is 4.39 Å². The highest BCUT2D eigenvalue weighted by atomic mass is 35.5. The maximum Gasteiger partial charge on any atom is 0.335 e. The van der Waals surface area contributed by atoms with Crippen molar-refractivity contribution < 1.29 is 14.3 Å². The molecule has 0 fully saturated rings. The van der Waals surface area contributed by atoms with Gasteiger partial charge in [-0.2, -0.15) is 5.26 Å². The Balaban J connectivity index is 1.78. The highest BCUT2D eigenvalue weighted by Gasteiger charge is 2.12. The Morgan fingerprint density at radius 2 is 1.77 bits per heavy atom. The molecule has 0 spiro atoms. The van der Waals surface area contributed by atoms with E-state index in [2.05, 4.69) is 11.1 Å². The van der Waals surface area contributed by atoms with E-state index in [1.54, 1.807) is 36.4 Å². The summed E-state index contributed by atoms with van der Waals surface area (Å²) in [7, 11) is 0. The average Bonchev–Trinajstić information content (AvgIpc) is 3.09. The molecule has 2 heterocycles. The van der Waals surface area contributed by atoms with Crippen molar-refractivity contribution in [1.82, 2.24) is 9.55 Å². The second-order valence-electron chi connectivity index (χ2n) is 6.90. The number of hydrogen-bond donors (Lipinski definition) is 1. The number of nitrogens with zero attached hydrogens (tertiary/aromatic N) is 3. The van der Waals surface area contributed by atoms with E-state index >= 15 is 0 Å². The largest absolute Gasteiger partial charge is 0.478 e. The Morgan fingerprint density at radius 1 is 1.10 bits per heavy atom. The molecule has 152 valence electrons. The van der Waals surface area contributed by atoms with Gasteiger partial charge in [-0.3, -0.25) is 0 Å². The van der Waals surface area contributed by atoms with Crippen molar-refractivity contribution >= 4 is 40.3 Å². The summed E-state index contributed by atoms with van der Waals surface area (Å²) < 4.78 is 15.1. The lowest BCUT2D eigenvalue weighted by Crippen LogP contribution is -1.99. The summed E-state index contributed by atoms with van der Waals surface area (Å²) in [4.78, 5) is 15.5. The van der Waals surface area contributed by atoms with Crippen molar-refractivity contribution in [3.05, 3.63) is 100 Å². The molecule has 0 atom stereocenters. The molecule has 0 amide bonds. The minimum atomic E-state index is -1.03. The molecule has 4 aromatic rings. The molecule has 5 nitrogen and oxygen atoms in total. The van der Waals surface area contributed by atoms with Gasteiger partial charge < -0.3 is 9.67 Å². The van der Waals surface area contributed by atoms with E-state index in [0.29, 0.717) is 28.5 Å². The highest BCUT2D eigenvalue weighted by molar-refractivity contribution is 6.29. The van der Waals surface area contributed by atoms with Crippen molar-refractivity contribution in [2.45, 2.75) is 6.54 Å². The number of benzene rings is 2. The highest BCUT2D eigenvalue weighted by Crippen LogP contribution is 2.27. The number of pyridine rings is 1. The van der Waals surface area contributed by atoms with Crippen LogP contribution < -0.4 is 0 Å². The van der Waals surface area contributed by atoms with Crippen molar-refractivity contribution in [3.8, 4) is 6.07 Å². The molecule has 0 saturated heterocycles. The van der Waals surface area contributed by atoms with Crippen LogP contribution in [-0.4, -0.2) is 20.6 Å². The summed E-state index contributed by atoms with van der Waals surface area (Å²) >= 11 is 6.10. The van der Waals surface area contributed by atoms with Gasteiger partial charge in [0.05, 0.1) is 17.2 Å². The first-order chi connectivity index (χ1) is 14.9. The number of rotatable bonds is 5. The quantitative estimate of drug-likeness (QED) is 0.327. The Labute approximate surface area is 182 Å².